The van der Waals surface area contributed by atoms with Gasteiger partial charge in [0.15, 0.2) is 0 Å². The lowest BCUT2D eigenvalue weighted by Gasteiger charge is -2.22. The maximum Gasteiger partial charge on any atom is 0.276 e. The summed E-state index contributed by atoms with van der Waals surface area (Å²) in [6, 6.07) is 1.37. The Morgan fingerprint density at radius 3 is 2.12 bits per heavy atom. The number of benzene rings is 1. The highest BCUT2D eigenvalue weighted by molar-refractivity contribution is 5.54. The van der Waals surface area contributed by atoms with Crippen LogP contribution in [0.4, 0.5) is 8.78 Å². The quantitative estimate of drug-likeness (QED) is 0.801. The first-order valence-electron chi connectivity index (χ1n) is 5.49. The topological polar surface area (TPSA) is 18.5 Å². The average Bonchev–Trinajstić information content (AvgIpc) is 2.32. The highest BCUT2D eigenvalue weighted by atomic mass is 19.3. The van der Waals surface area contributed by atoms with E-state index in [0.717, 1.165) is 5.56 Å². The normalized spacial score (nSPS) is 11.5. The van der Waals surface area contributed by atoms with Gasteiger partial charge in [0, 0.05) is 6.42 Å². The fraction of sp³-hybridized carbons (Fsp3) is 0.538. The predicted octanol–water partition coefficient (Wildman–Crippen LogP) is 3.82. The summed E-state index contributed by atoms with van der Waals surface area (Å²) in [5.41, 5.74) is 1.40. The van der Waals surface area contributed by atoms with Gasteiger partial charge in [0.05, 0.1) is 19.8 Å². The predicted molar refractivity (Wildman–Crippen MR) is 63.2 cm³/mol. The van der Waals surface area contributed by atoms with Gasteiger partial charge in [-0.1, -0.05) is 6.92 Å². The lowest BCUT2D eigenvalue weighted by molar-refractivity contribution is -0.0107. The molecule has 17 heavy (non-hydrogen) atoms. The van der Waals surface area contributed by atoms with Crippen molar-refractivity contribution in [2.75, 3.05) is 14.2 Å². The van der Waals surface area contributed by atoms with Crippen LogP contribution < -0.4 is 9.47 Å². The van der Waals surface area contributed by atoms with Gasteiger partial charge in [-0.15, -0.1) is 0 Å². The molecule has 0 aliphatic heterocycles. The van der Waals surface area contributed by atoms with Crippen LogP contribution in [0.3, 0.4) is 0 Å². The Labute approximate surface area is 101 Å². The van der Waals surface area contributed by atoms with E-state index in [4.69, 9.17) is 9.47 Å². The minimum absolute atomic E-state index is 0.109. The van der Waals surface area contributed by atoms with Crippen LogP contribution in [0.25, 0.3) is 0 Å². The lowest BCUT2D eigenvalue weighted by atomic mass is 9.97. The first kappa shape index (κ1) is 13.7. The van der Waals surface area contributed by atoms with Crippen molar-refractivity contribution in [2.24, 2.45) is 0 Å². The maximum absolute atomic E-state index is 13.8. The summed E-state index contributed by atoms with van der Waals surface area (Å²) in [5, 5.41) is 0. The van der Waals surface area contributed by atoms with Gasteiger partial charge in [0.2, 0.25) is 0 Å². The summed E-state index contributed by atoms with van der Waals surface area (Å²) in [5.74, 6) is -2.20. The molecule has 0 saturated carbocycles. The summed E-state index contributed by atoms with van der Waals surface area (Å²) in [6.45, 7) is 5.03. The van der Waals surface area contributed by atoms with E-state index in [0.29, 0.717) is 11.3 Å². The second kappa shape index (κ2) is 4.90. The number of hydrogen-bond donors (Lipinski definition) is 0. The molecule has 0 atom stereocenters. The van der Waals surface area contributed by atoms with Crippen molar-refractivity contribution in [1.29, 1.82) is 0 Å². The molecular weight excluding hydrogens is 226 g/mol. The van der Waals surface area contributed by atoms with Gasteiger partial charge in [-0.2, -0.15) is 0 Å². The van der Waals surface area contributed by atoms with Gasteiger partial charge < -0.3 is 9.47 Å². The first-order valence-corrected chi connectivity index (χ1v) is 5.49. The number of ether oxygens (including phenoxy) is 2. The van der Waals surface area contributed by atoms with Gasteiger partial charge in [0.1, 0.15) is 11.5 Å². The minimum atomic E-state index is -2.91. The molecule has 4 heteroatoms. The lowest BCUT2D eigenvalue weighted by Crippen LogP contribution is -2.14. The van der Waals surface area contributed by atoms with Crippen LogP contribution >= 0.6 is 0 Å². The molecule has 0 aliphatic carbocycles. The standard InChI is InChI=1S/C13H18F2O2/c1-6-13(14,15)10-7-11(16-4)8(2)9(3)12(10)17-5/h7H,6H2,1-5H3. The third-order valence-electron chi connectivity index (χ3n) is 3.05. The summed E-state index contributed by atoms with van der Waals surface area (Å²) < 4.78 is 37.9. The summed E-state index contributed by atoms with van der Waals surface area (Å²) in [4.78, 5) is 0. The third-order valence-corrected chi connectivity index (χ3v) is 3.05. The molecule has 1 aromatic carbocycles. The molecule has 96 valence electrons. The molecule has 0 amide bonds. The SMILES string of the molecule is CCC(F)(F)c1cc(OC)c(C)c(C)c1OC. The van der Waals surface area contributed by atoms with Gasteiger partial charge in [0.25, 0.3) is 5.92 Å². The Balaban J connectivity index is 3.53. The smallest absolute Gasteiger partial charge is 0.276 e. The highest BCUT2D eigenvalue weighted by Crippen LogP contribution is 2.43. The van der Waals surface area contributed by atoms with Crippen LogP contribution in [0.5, 0.6) is 11.5 Å². The van der Waals surface area contributed by atoms with E-state index in [1.54, 1.807) is 6.92 Å². The van der Waals surface area contributed by atoms with E-state index in [-0.39, 0.29) is 17.7 Å². The van der Waals surface area contributed by atoms with Crippen molar-refractivity contribution < 1.29 is 18.3 Å². The molecule has 0 N–H and O–H groups in total. The molecule has 0 heterocycles. The molecule has 1 rings (SSSR count). The van der Waals surface area contributed by atoms with E-state index in [1.807, 2.05) is 6.92 Å². The molecule has 0 saturated heterocycles. The molecule has 0 fully saturated rings. The Morgan fingerprint density at radius 1 is 1.12 bits per heavy atom. The Morgan fingerprint density at radius 2 is 1.71 bits per heavy atom. The molecule has 0 aliphatic rings. The number of rotatable bonds is 4. The number of methoxy groups -OCH3 is 2. The van der Waals surface area contributed by atoms with Crippen LogP contribution in [-0.2, 0) is 5.92 Å². The van der Waals surface area contributed by atoms with E-state index in [1.165, 1.54) is 27.2 Å². The molecular formula is C13H18F2O2. The first-order chi connectivity index (χ1) is 7.88. The van der Waals surface area contributed by atoms with Crippen molar-refractivity contribution in [3.8, 4) is 11.5 Å². The van der Waals surface area contributed by atoms with Gasteiger partial charge in [-0.05, 0) is 31.0 Å². The van der Waals surface area contributed by atoms with E-state index in [2.05, 4.69) is 0 Å². The summed E-state index contributed by atoms with van der Waals surface area (Å²) >= 11 is 0. The molecule has 0 bridgehead atoms. The van der Waals surface area contributed by atoms with E-state index in [9.17, 15) is 8.78 Å². The Hall–Kier alpha value is -1.32. The third kappa shape index (κ3) is 2.35. The molecule has 0 radical (unpaired) electrons. The van der Waals surface area contributed by atoms with Crippen LogP contribution in [0, 0.1) is 13.8 Å². The highest BCUT2D eigenvalue weighted by Gasteiger charge is 2.34. The Bertz CT molecular complexity index is 414. The molecule has 2 nitrogen and oxygen atoms in total. The van der Waals surface area contributed by atoms with Gasteiger partial charge in [-0.3, -0.25) is 0 Å². The zero-order valence-corrected chi connectivity index (χ0v) is 10.9. The van der Waals surface area contributed by atoms with Crippen molar-refractivity contribution in [1.82, 2.24) is 0 Å². The second-order valence-electron chi connectivity index (χ2n) is 3.97. The van der Waals surface area contributed by atoms with E-state index < -0.39 is 5.92 Å². The van der Waals surface area contributed by atoms with Crippen LogP contribution in [0.1, 0.15) is 30.0 Å². The summed E-state index contributed by atoms with van der Waals surface area (Å²) in [7, 11) is 2.88. The number of hydrogen-bond acceptors (Lipinski definition) is 2. The molecule has 0 unspecified atom stereocenters. The molecule has 1 aromatic rings. The van der Waals surface area contributed by atoms with Crippen molar-refractivity contribution in [3.05, 3.63) is 22.8 Å². The molecule has 0 aromatic heterocycles. The largest absolute Gasteiger partial charge is 0.496 e. The van der Waals surface area contributed by atoms with Crippen molar-refractivity contribution >= 4 is 0 Å². The average molecular weight is 244 g/mol. The molecule has 0 spiro atoms. The monoisotopic (exact) mass is 244 g/mol. The second-order valence-corrected chi connectivity index (χ2v) is 3.97. The van der Waals surface area contributed by atoms with Crippen LogP contribution in [-0.4, -0.2) is 14.2 Å². The maximum atomic E-state index is 13.8. The number of halogens is 2. The van der Waals surface area contributed by atoms with Gasteiger partial charge >= 0.3 is 0 Å². The minimum Gasteiger partial charge on any atom is -0.496 e. The van der Waals surface area contributed by atoms with Crippen LogP contribution in [0.15, 0.2) is 6.07 Å². The van der Waals surface area contributed by atoms with Gasteiger partial charge in [-0.25, -0.2) is 8.78 Å². The fourth-order valence-corrected chi connectivity index (χ4v) is 1.80. The fourth-order valence-electron chi connectivity index (χ4n) is 1.80. The van der Waals surface area contributed by atoms with Crippen molar-refractivity contribution in [2.45, 2.75) is 33.1 Å². The summed E-state index contributed by atoms with van der Waals surface area (Å²) in [6.07, 6.45) is -0.269. The zero-order chi connectivity index (χ0) is 13.2. The Kier molecular flexibility index (Phi) is 3.96. The zero-order valence-electron chi connectivity index (χ0n) is 10.9. The number of alkyl halides is 2. The van der Waals surface area contributed by atoms with E-state index >= 15 is 0 Å². The van der Waals surface area contributed by atoms with Crippen molar-refractivity contribution in [3.63, 3.8) is 0 Å². The van der Waals surface area contributed by atoms with Crippen LogP contribution in [0.2, 0.25) is 0 Å².